The Labute approximate surface area is 116 Å². The van der Waals surface area contributed by atoms with Crippen molar-refractivity contribution < 1.29 is 0 Å². The lowest BCUT2D eigenvalue weighted by atomic mass is 10.1. The van der Waals surface area contributed by atoms with Crippen LogP contribution >= 0.6 is 0 Å². The van der Waals surface area contributed by atoms with Crippen molar-refractivity contribution in [3.8, 4) is 0 Å². The lowest BCUT2D eigenvalue weighted by Crippen LogP contribution is -2.21. The van der Waals surface area contributed by atoms with Gasteiger partial charge in [0, 0.05) is 6.54 Å². The number of fused-ring (bicyclic) bond motifs is 1. The summed E-state index contributed by atoms with van der Waals surface area (Å²) in [6, 6.07) is 15.6. The second kappa shape index (κ2) is 5.27. The Morgan fingerprint density at radius 1 is 1.00 bits per heavy atom. The van der Waals surface area contributed by atoms with Gasteiger partial charge in [0.05, 0.1) is 23.8 Å². The zero-order valence-electron chi connectivity index (χ0n) is 11.0. The molecule has 0 spiro atoms. The molecule has 20 heavy (non-hydrogen) atoms. The van der Waals surface area contributed by atoms with Crippen molar-refractivity contribution in [1.29, 1.82) is 0 Å². The average molecular weight is 265 g/mol. The molecule has 100 valence electrons. The molecule has 0 aliphatic heterocycles. The predicted molar refractivity (Wildman–Crippen MR) is 79.4 cm³/mol. The molecular formula is C16H15N3O. The Morgan fingerprint density at radius 3 is 2.45 bits per heavy atom. The average Bonchev–Trinajstić information content (AvgIpc) is 2.51. The summed E-state index contributed by atoms with van der Waals surface area (Å²) >= 11 is 0. The van der Waals surface area contributed by atoms with E-state index >= 15 is 0 Å². The first-order chi connectivity index (χ1) is 9.78. The van der Waals surface area contributed by atoms with Crippen molar-refractivity contribution in [2.24, 2.45) is 5.73 Å². The molecule has 4 heteroatoms. The molecule has 0 bridgehead atoms. The van der Waals surface area contributed by atoms with Crippen LogP contribution in [0.25, 0.3) is 11.0 Å². The summed E-state index contributed by atoms with van der Waals surface area (Å²) in [5, 5.41) is 0. The first kappa shape index (κ1) is 12.6. The number of nitrogens with two attached hydrogens (primary N) is 1. The number of rotatable bonds is 3. The van der Waals surface area contributed by atoms with E-state index < -0.39 is 0 Å². The molecule has 0 atom stereocenters. The molecule has 0 saturated heterocycles. The Balaban J connectivity index is 2.05. The molecule has 3 aromatic rings. The topological polar surface area (TPSA) is 60.9 Å². The lowest BCUT2D eigenvalue weighted by Gasteiger charge is -2.09. The maximum atomic E-state index is 12.0. The third kappa shape index (κ3) is 2.33. The number of aromatic nitrogens is 2. The molecule has 0 radical (unpaired) electrons. The zero-order valence-corrected chi connectivity index (χ0v) is 11.0. The number of para-hydroxylation sites is 2. The van der Waals surface area contributed by atoms with Gasteiger partial charge in [-0.1, -0.05) is 36.4 Å². The van der Waals surface area contributed by atoms with Crippen molar-refractivity contribution in [1.82, 2.24) is 9.55 Å². The van der Waals surface area contributed by atoms with Gasteiger partial charge in [-0.25, -0.2) is 4.98 Å². The van der Waals surface area contributed by atoms with Crippen LogP contribution in [0.4, 0.5) is 0 Å². The number of nitrogens with zero attached hydrogens (tertiary/aromatic N) is 2. The van der Waals surface area contributed by atoms with Gasteiger partial charge in [0.2, 0.25) is 0 Å². The standard InChI is InChI=1S/C16H15N3O/c17-9-12-5-7-13(8-6-12)11-19-15-4-2-1-3-14(15)18-10-16(19)20/h1-8,10H,9,11,17H2. The van der Waals surface area contributed by atoms with E-state index in [9.17, 15) is 4.79 Å². The molecule has 3 rings (SSSR count). The van der Waals surface area contributed by atoms with E-state index in [1.54, 1.807) is 4.57 Å². The smallest absolute Gasteiger partial charge is 0.269 e. The van der Waals surface area contributed by atoms with E-state index in [-0.39, 0.29) is 5.56 Å². The van der Waals surface area contributed by atoms with Gasteiger partial charge < -0.3 is 10.3 Å². The highest BCUT2D eigenvalue weighted by molar-refractivity contribution is 5.74. The first-order valence-corrected chi connectivity index (χ1v) is 6.50. The third-order valence-electron chi connectivity index (χ3n) is 3.35. The van der Waals surface area contributed by atoms with Crippen molar-refractivity contribution >= 4 is 11.0 Å². The summed E-state index contributed by atoms with van der Waals surface area (Å²) in [5.74, 6) is 0. The summed E-state index contributed by atoms with van der Waals surface area (Å²) in [6.45, 7) is 1.06. The fourth-order valence-electron chi connectivity index (χ4n) is 2.24. The molecular weight excluding hydrogens is 250 g/mol. The molecule has 0 unspecified atom stereocenters. The van der Waals surface area contributed by atoms with Crippen molar-refractivity contribution in [3.63, 3.8) is 0 Å². The van der Waals surface area contributed by atoms with Crippen molar-refractivity contribution in [2.45, 2.75) is 13.1 Å². The van der Waals surface area contributed by atoms with Crippen molar-refractivity contribution in [2.75, 3.05) is 0 Å². The van der Waals surface area contributed by atoms with Gasteiger partial charge in [-0.3, -0.25) is 4.79 Å². The normalized spacial score (nSPS) is 10.8. The molecule has 2 aromatic carbocycles. The predicted octanol–water partition coefficient (Wildman–Crippen LogP) is 1.90. The third-order valence-corrected chi connectivity index (χ3v) is 3.35. The summed E-state index contributed by atoms with van der Waals surface area (Å²) in [6.07, 6.45) is 1.37. The zero-order chi connectivity index (χ0) is 13.9. The van der Waals surface area contributed by atoms with Gasteiger partial charge >= 0.3 is 0 Å². The second-order valence-electron chi connectivity index (χ2n) is 4.69. The van der Waals surface area contributed by atoms with E-state index in [4.69, 9.17) is 5.73 Å². The van der Waals surface area contributed by atoms with Gasteiger partial charge in [0.15, 0.2) is 0 Å². The van der Waals surface area contributed by atoms with E-state index in [1.165, 1.54) is 6.20 Å². The molecule has 0 aliphatic rings. The maximum absolute atomic E-state index is 12.0. The summed E-state index contributed by atoms with van der Waals surface area (Å²) in [4.78, 5) is 16.2. The fraction of sp³-hybridized carbons (Fsp3) is 0.125. The summed E-state index contributed by atoms with van der Waals surface area (Å²) in [7, 11) is 0. The quantitative estimate of drug-likeness (QED) is 0.786. The second-order valence-corrected chi connectivity index (χ2v) is 4.69. The monoisotopic (exact) mass is 265 g/mol. The minimum Gasteiger partial charge on any atom is -0.326 e. The number of benzene rings is 2. The van der Waals surface area contributed by atoms with Gasteiger partial charge in [-0.15, -0.1) is 0 Å². The minimum atomic E-state index is -0.0911. The van der Waals surface area contributed by atoms with Crippen LogP contribution in [-0.4, -0.2) is 9.55 Å². The summed E-state index contributed by atoms with van der Waals surface area (Å²) < 4.78 is 1.74. The van der Waals surface area contributed by atoms with Crippen LogP contribution in [0.3, 0.4) is 0 Å². The molecule has 1 heterocycles. The largest absolute Gasteiger partial charge is 0.326 e. The highest BCUT2D eigenvalue weighted by atomic mass is 16.1. The Kier molecular flexibility index (Phi) is 3.31. The summed E-state index contributed by atoms with van der Waals surface area (Å²) in [5.41, 5.74) is 9.33. The molecule has 4 nitrogen and oxygen atoms in total. The van der Waals surface area contributed by atoms with Crippen LogP contribution in [0.5, 0.6) is 0 Å². The fourth-order valence-corrected chi connectivity index (χ4v) is 2.24. The molecule has 0 fully saturated rings. The Hall–Kier alpha value is -2.46. The maximum Gasteiger partial charge on any atom is 0.269 e. The van der Waals surface area contributed by atoms with E-state index in [1.807, 2.05) is 48.5 Å². The van der Waals surface area contributed by atoms with E-state index in [0.29, 0.717) is 13.1 Å². The Bertz CT molecular complexity index is 791. The van der Waals surface area contributed by atoms with Gasteiger partial charge in [-0.2, -0.15) is 0 Å². The lowest BCUT2D eigenvalue weighted by molar-refractivity contribution is 0.786. The minimum absolute atomic E-state index is 0.0911. The van der Waals surface area contributed by atoms with Crippen LogP contribution in [0.1, 0.15) is 11.1 Å². The first-order valence-electron chi connectivity index (χ1n) is 6.50. The Morgan fingerprint density at radius 2 is 1.70 bits per heavy atom. The molecule has 0 saturated carbocycles. The van der Waals surface area contributed by atoms with Crippen LogP contribution in [0, 0.1) is 0 Å². The van der Waals surface area contributed by atoms with Gasteiger partial charge in [0.1, 0.15) is 0 Å². The van der Waals surface area contributed by atoms with Crippen LogP contribution in [-0.2, 0) is 13.1 Å². The van der Waals surface area contributed by atoms with E-state index in [2.05, 4.69) is 4.98 Å². The highest BCUT2D eigenvalue weighted by Gasteiger charge is 2.04. The van der Waals surface area contributed by atoms with Crippen LogP contribution in [0.2, 0.25) is 0 Å². The van der Waals surface area contributed by atoms with Crippen LogP contribution in [0.15, 0.2) is 59.5 Å². The molecule has 2 N–H and O–H groups in total. The highest BCUT2D eigenvalue weighted by Crippen LogP contribution is 2.11. The SMILES string of the molecule is NCc1ccc(Cn2c(=O)cnc3ccccc32)cc1. The molecule has 0 amide bonds. The van der Waals surface area contributed by atoms with Gasteiger partial charge in [0.25, 0.3) is 5.56 Å². The van der Waals surface area contributed by atoms with Crippen molar-refractivity contribution in [3.05, 3.63) is 76.2 Å². The van der Waals surface area contributed by atoms with Crippen LogP contribution < -0.4 is 11.3 Å². The van der Waals surface area contributed by atoms with Gasteiger partial charge in [-0.05, 0) is 23.3 Å². The molecule has 1 aromatic heterocycles. The number of hydrogen-bond donors (Lipinski definition) is 1. The number of hydrogen-bond acceptors (Lipinski definition) is 3. The van der Waals surface area contributed by atoms with E-state index in [0.717, 1.165) is 22.2 Å². The molecule has 0 aliphatic carbocycles.